The van der Waals surface area contributed by atoms with Crippen LogP contribution in [0.4, 0.5) is 18.3 Å². The molecule has 0 amide bonds. The summed E-state index contributed by atoms with van der Waals surface area (Å²) in [7, 11) is -7.74. The molecule has 0 saturated carbocycles. The first-order valence-corrected chi connectivity index (χ1v) is 12.9. The number of anilines is 1. The molecule has 1 heterocycles. The maximum atomic E-state index is 12.8. The second kappa shape index (κ2) is 8.77. The summed E-state index contributed by atoms with van der Waals surface area (Å²) in [6.07, 6.45) is -3.23. The molecule has 2 aromatic carbocycles. The third kappa shape index (κ3) is 5.76. The van der Waals surface area contributed by atoms with Gasteiger partial charge in [0.15, 0.2) is 15.0 Å². The number of thiazole rings is 1. The summed E-state index contributed by atoms with van der Waals surface area (Å²) in [5, 5.41) is 1.26. The van der Waals surface area contributed by atoms with Crippen molar-refractivity contribution in [1.82, 2.24) is 4.98 Å². The van der Waals surface area contributed by atoms with Gasteiger partial charge in [-0.2, -0.15) is 13.2 Å². The molecule has 13 heteroatoms. The van der Waals surface area contributed by atoms with Crippen LogP contribution in [0.25, 0.3) is 0 Å². The van der Waals surface area contributed by atoms with Gasteiger partial charge in [0.1, 0.15) is 0 Å². The lowest BCUT2D eigenvalue weighted by atomic mass is 10.1. The Morgan fingerprint density at radius 2 is 1.65 bits per heavy atom. The Kier molecular flexibility index (Phi) is 6.65. The van der Waals surface area contributed by atoms with Crippen molar-refractivity contribution in [2.45, 2.75) is 22.4 Å². The number of nitrogens with zero attached hydrogens (tertiary/aromatic N) is 1. The predicted octanol–water partition coefficient (Wildman–Crippen LogP) is 4.63. The maximum absolute atomic E-state index is 12.8. The van der Waals surface area contributed by atoms with E-state index < -0.39 is 42.4 Å². The number of rotatable bonds is 7. The number of benzene rings is 2. The van der Waals surface area contributed by atoms with Crippen LogP contribution in [0, 0.1) is 0 Å². The van der Waals surface area contributed by atoms with E-state index in [2.05, 4.69) is 9.71 Å². The van der Waals surface area contributed by atoms with Crippen LogP contribution in [0.3, 0.4) is 0 Å². The normalized spacial score (nSPS) is 12.6. The lowest BCUT2D eigenvalue weighted by Crippen LogP contribution is -2.14. The number of aryl methyl sites for hydroxylation is 1. The zero-order valence-corrected chi connectivity index (χ0v) is 18.6. The summed E-state index contributed by atoms with van der Waals surface area (Å²) >= 11 is 6.75. The van der Waals surface area contributed by atoms with Crippen LogP contribution < -0.4 is 4.72 Å². The van der Waals surface area contributed by atoms with Gasteiger partial charge >= 0.3 is 6.18 Å². The molecule has 0 spiro atoms. The molecule has 0 aliphatic rings. The molecular formula is C18H14ClF3N2O4S3. The van der Waals surface area contributed by atoms with E-state index in [1.807, 2.05) is 0 Å². The summed E-state index contributed by atoms with van der Waals surface area (Å²) in [5.41, 5.74) is -0.669. The van der Waals surface area contributed by atoms with Crippen LogP contribution in [0.2, 0.25) is 5.02 Å². The summed E-state index contributed by atoms with van der Waals surface area (Å²) in [6, 6.07) is 7.68. The molecule has 0 aliphatic heterocycles. The van der Waals surface area contributed by atoms with Crippen molar-refractivity contribution < 1.29 is 30.0 Å². The quantitative estimate of drug-likeness (QED) is 0.500. The van der Waals surface area contributed by atoms with Gasteiger partial charge in [-0.1, -0.05) is 17.7 Å². The lowest BCUT2D eigenvalue weighted by molar-refractivity contribution is -0.137. The maximum Gasteiger partial charge on any atom is 0.417 e. The monoisotopic (exact) mass is 510 g/mol. The third-order valence-electron chi connectivity index (χ3n) is 4.15. The Balaban J connectivity index is 1.72. The fourth-order valence-corrected chi connectivity index (χ4v) is 5.98. The Morgan fingerprint density at radius 1 is 1.00 bits per heavy atom. The molecule has 166 valence electrons. The summed E-state index contributed by atoms with van der Waals surface area (Å²) < 4.78 is 90.3. The zero-order chi connectivity index (χ0) is 22.9. The van der Waals surface area contributed by atoms with Crippen LogP contribution >= 0.6 is 22.9 Å². The number of sulfone groups is 1. The van der Waals surface area contributed by atoms with Gasteiger partial charge < -0.3 is 0 Å². The van der Waals surface area contributed by atoms with Crippen molar-refractivity contribution in [3.8, 4) is 0 Å². The average molecular weight is 511 g/mol. The number of halogens is 4. The van der Waals surface area contributed by atoms with Gasteiger partial charge in [0.05, 0.1) is 26.1 Å². The van der Waals surface area contributed by atoms with E-state index in [0.29, 0.717) is 5.56 Å². The van der Waals surface area contributed by atoms with Crippen molar-refractivity contribution in [2.24, 2.45) is 0 Å². The van der Waals surface area contributed by atoms with Gasteiger partial charge in [0, 0.05) is 11.6 Å². The highest BCUT2D eigenvalue weighted by Gasteiger charge is 2.33. The topological polar surface area (TPSA) is 93.2 Å². The van der Waals surface area contributed by atoms with Crippen molar-refractivity contribution >= 4 is 47.9 Å². The minimum absolute atomic E-state index is 0.0636. The first-order valence-electron chi connectivity index (χ1n) is 8.49. The van der Waals surface area contributed by atoms with Gasteiger partial charge in [-0.05, 0) is 48.4 Å². The zero-order valence-electron chi connectivity index (χ0n) is 15.4. The standard InChI is InChI=1S/C18H14ClF3N2O4S3/c19-16-11-12(1-6-15(16)18(20,21)22)7-10-30(25,26)13-2-4-14(5-3-13)31(27,28)24-17-23-8-9-29-17/h1-6,8-9,11H,7,10H2,(H,23,24). The number of alkyl halides is 3. The second-order valence-corrected chi connectivity index (χ2v) is 11.4. The van der Waals surface area contributed by atoms with Crippen LogP contribution in [0.1, 0.15) is 11.1 Å². The molecular weight excluding hydrogens is 497 g/mol. The van der Waals surface area contributed by atoms with Crippen molar-refractivity contribution in [1.29, 1.82) is 0 Å². The second-order valence-electron chi connectivity index (χ2n) is 6.29. The number of sulfonamides is 1. The van der Waals surface area contributed by atoms with Crippen LogP contribution in [-0.4, -0.2) is 27.6 Å². The molecule has 0 saturated heterocycles. The average Bonchev–Trinajstić information content (AvgIpc) is 3.18. The Labute approximate surface area is 185 Å². The van der Waals surface area contributed by atoms with E-state index in [-0.39, 0.29) is 21.3 Å². The minimum atomic E-state index is -4.60. The van der Waals surface area contributed by atoms with E-state index in [1.54, 1.807) is 5.38 Å². The molecule has 0 unspecified atom stereocenters. The van der Waals surface area contributed by atoms with Gasteiger partial charge in [-0.25, -0.2) is 21.8 Å². The fourth-order valence-electron chi connectivity index (χ4n) is 2.59. The SMILES string of the molecule is O=S(=O)(CCc1ccc(C(F)(F)F)c(Cl)c1)c1ccc(S(=O)(=O)Nc2nccs2)cc1. The molecule has 3 rings (SSSR count). The first kappa shape index (κ1) is 23.5. The smallest absolute Gasteiger partial charge is 0.255 e. The van der Waals surface area contributed by atoms with Crippen LogP contribution in [0.5, 0.6) is 0 Å². The number of hydrogen-bond acceptors (Lipinski definition) is 6. The molecule has 1 N–H and O–H groups in total. The molecule has 0 atom stereocenters. The molecule has 0 fully saturated rings. The Morgan fingerprint density at radius 3 is 2.19 bits per heavy atom. The first-order chi connectivity index (χ1) is 14.4. The lowest BCUT2D eigenvalue weighted by Gasteiger charge is -2.11. The van der Waals surface area contributed by atoms with E-state index >= 15 is 0 Å². The Bertz CT molecular complexity index is 1280. The summed E-state index contributed by atoms with van der Waals surface area (Å²) in [5.74, 6) is -0.391. The van der Waals surface area contributed by atoms with Gasteiger partial charge in [-0.15, -0.1) is 11.3 Å². The van der Waals surface area contributed by atoms with Crippen LogP contribution in [-0.2, 0) is 32.5 Å². The number of aromatic nitrogens is 1. The van der Waals surface area contributed by atoms with Gasteiger partial charge in [0.2, 0.25) is 0 Å². The molecule has 1 aromatic heterocycles. The van der Waals surface area contributed by atoms with Crippen molar-refractivity contribution in [3.05, 3.63) is 70.2 Å². The molecule has 3 aromatic rings. The largest absolute Gasteiger partial charge is 0.417 e. The molecule has 6 nitrogen and oxygen atoms in total. The van der Waals surface area contributed by atoms with Gasteiger partial charge in [0.25, 0.3) is 10.0 Å². The number of nitrogens with one attached hydrogen (secondary N) is 1. The fraction of sp³-hybridized carbons (Fsp3) is 0.167. The number of hydrogen-bond donors (Lipinski definition) is 1. The van der Waals surface area contributed by atoms with Crippen molar-refractivity contribution in [3.63, 3.8) is 0 Å². The van der Waals surface area contributed by atoms with Crippen LogP contribution in [0.15, 0.2) is 63.8 Å². The summed E-state index contributed by atoms with van der Waals surface area (Å²) in [6.45, 7) is 0. The highest BCUT2D eigenvalue weighted by Crippen LogP contribution is 2.35. The molecule has 31 heavy (non-hydrogen) atoms. The Hall–Kier alpha value is -2.15. The molecule has 0 radical (unpaired) electrons. The highest BCUT2D eigenvalue weighted by molar-refractivity contribution is 7.93. The predicted molar refractivity (Wildman–Crippen MR) is 112 cm³/mol. The third-order valence-corrected chi connectivity index (χ3v) is 8.36. The van der Waals surface area contributed by atoms with E-state index in [0.717, 1.165) is 47.7 Å². The highest BCUT2D eigenvalue weighted by atomic mass is 35.5. The van der Waals surface area contributed by atoms with Gasteiger partial charge in [-0.3, -0.25) is 4.72 Å². The van der Waals surface area contributed by atoms with E-state index in [1.165, 1.54) is 12.3 Å². The van der Waals surface area contributed by atoms with Crippen molar-refractivity contribution in [2.75, 3.05) is 10.5 Å². The van der Waals surface area contributed by atoms with E-state index in [4.69, 9.17) is 11.6 Å². The van der Waals surface area contributed by atoms with E-state index in [9.17, 15) is 30.0 Å². The minimum Gasteiger partial charge on any atom is -0.255 e. The molecule has 0 aliphatic carbocycles. The molecule has 0 bridgehead atoms. The summed E-state index contributed by atoms with van der Waals surface area (Å²) in [4.78, 5) is 3.57.